The van der Waals surface area contributed by atoms with Crippen molar-refractivity contribution >= 4 is 73.7 Å². The molecule has 0 fully saturated rings. The molecule has 11 aromatic carbocycles. The quantitative estimate of drug-likeness (QED) is 0.147. The Hall–Kier alpha value is -8.57. The zero-order valence-electron chi connectivity index (χ0n) is 41.9. The highest BCUT2D eigenvalue weighted by atomic mass is 32.2. The second kappa shape index (κ2) is 16.6. The monoisotopic (exact) mass is 910 g/mol. The molecule has 0 amide bonds. The van der Waals surface area contributed by atoms with E-state index < -0.39 is 0 Å². The van der Waals surface area contributed by atoms with Crippen molar-refractivity contribution in [2.45, 2.75) is 9.79 Å². The van der Waals surface area contributed by atoms with E-state index in [-0.39, 0.29) is 30.9 Å². The Labute approximate surface area is 418 Å². The maximum Gasteiger partial charge on any atom is 0.249 e. The summed E-state index contributed by atoms with van der Waals surface area (Å²) in [5.41, 5.74) is 19.7. The van der Waals surface area contributed by atoms with Gasteiger partial charge < -0.3 is 9.47 Å². The van der Waals surface area contributed by atoms with E-state index in [2.05, 4.69) is 228 Å². The molecular formula is C66H43BN2S. The number of fused-ring (bicyclic) bond motifs is 7. The maximum atomic E-state index is 9.67. The summed E-state index contributed by atoms with van der Waals surface area (Å²) in [6.07, 6.45) is 0. The third-order valence-corrected chi connectivity index (χ3v) is 15.3. The van der Waals surface area contributed by atoms with Crippen molar-refractivity contribution in [3.63, 3.8) is 0 Å². The number of aromatic nitrogens is 1. The van der Waals surface area contributed by atoms with Crippen LogP contribution < -0.4 is 21.3 Å². The number of benzene rings is 11. The number of hydrogen-bond donors (Lipinski definition) is 0. The van der Waals surface area contributed by atoms with E-state index in [0.29, 0.717) is 10.9 Å². The second-order valence-electron chi connectivity index (χ2n) is 18.1. The normalized spacial score (nSPS) is 13.3. The number of nitrogens with zero attached hydrogens (tertiary/aromatic N) is 2. The minimum absolute atomic E-state index is 0.0547. The lowest BCUT2D eigenvalue weighted by molar-refractivity contribution is 1.15. The second-order valence-corrected chi connectivity index (χ2v) is 19.2. The maximum absolute atomic E-state index is 9.67. The van der Waals surface area contributed by atoms with Crippen LogP contribution in [0.25, 0.3) is 83.1 Å². The first kappa shape index (κ1) is 36.5. The van der Waals surface area contributed by atoms with Gasteiger partial charge in [0.2, 0.25) is 6.71 Å². The molecule has 70 heavy (non-hydrogen) atoms. The van der Waals surface area contributed by atoms with Gasteiger partial charge in [-0.1, -0.05) is 236 Å². The fourth-order valence-electron chi connectivity index (χ4n) is 11.0. The van der Waals surface area contributed by atoms with Crippen LogP contribution in [0.4, 0.5) is 17.1 Å². The highest BCUT2D eigenvalue weighted by Crippen LogP contribution is 2.50. The Morgan fingerprint density at radius 3 is 1.51 bits per heavy atom. The molecule has 0 aliphatic carbocycles. The van der Waals surface area contributed by atoms with E-state index in [4.69, 9.17) is 2.74 Å². The van der Waals surface area contributed by atoms with E-state index in [1.165, 1.54) is 21.3 Å². The summed E-state index contributed by atoms with van der Waals surface area (Å²) in [5, 5.41) is 1.26. The summed E-state index contributed by atoms with van der Waals surface area (Å²) >= 11 is 1.77. The van der Waals surface area contributed by atoms with E-state index in [0.717, 1.165) is 94.2 Å². The lowest BCUT2D eigenvalue weighted by Crippen LogP contribution is -2.60. The number of para-hydroxylation sites is 2. The van der Waals surface area contributed by atoms with Crippen molar-refractivity contribution in [2.75, 3.05) is 4.90 Å². The van der Waals surface area contributed by atoms with Gasteiger partial charge in [-0.25, -0.2) is 0 Å². The van der Waals surface area contributed by atoms with E-state index in [1.54, 1.807) is 11.8 Å². The first-order chi connectivity index (χ1) is 36.4. The SMILES string of the molecule is [2H]c1c([2H])c([2H])c2c(c1[2H])c1cc(-c3ccccc3)ccc1n2-c1cc2c3c(c1)N(c1c(-c4ccccc4)cccc1-c1ccccc1)c1ccc(-c4ccccc4)cc1B3c1cc(-c3ccccc3)ccc1S2. The van der Waals surface area contributed by atoms with Crippen LogP contribution in [0.2, 0.25) is 0 Å². The van der Waals surface area contributed by atoms with Gasteiger partial charge in [0.25, 0.3) is 0 Å². The van der Waals surface area contributed by atoms with Crippen LogP contribution in [-0.4, -0.2) is 11.3 Å². The van der Waals surface area contributed by atoms with Crippen LogP contribution in [-0.2, 0) is 0 Å². The highest BCUT2D eigenvalue weighted by Gasteiger charge is 2.43. The van der Waals surface area contributed by atoms with Gasteiger partial charge in [0.15, 0.2) is 0 Å². The Morgan fingerprint density at radius 2 is 0.900 bits per heavy atom. The van der Waals surface area contributed by atoms with Gasteiger partial charge in [-0.15, -0.1) is 0 Å². The first-order valence-corrected chi connectivity index (χ1v) is 24.6. The van der Waals surface area contributed by atoms with Gasteiger partial charge in [0, 0.05) is 48.8 Å². The van der Waals surface area contributed by atoms with Crippen LogP contribution in [0.5, 0.6) is 0 Å². The molecule has 326 valence electrons. The van der Waals surface area contributed by atoms with Crippen LogP contribution in [0, 0.1) is 0 Å². The molecule has 0 radical (unpaired) electrons. The summed E-state index contributed by atoms with van der Waals surface area (Å²) in [7, 11) is 0. The molecule has 14 rings (SSSR count). The lowest BCUT2D eigenvalue weighted by atomic mass is 9.34. The molecule has 0 N–H and O–H groups in total. The van der Waals surface area contributed by atoms with Gasteiger partial charge in [-0.05, 0) is 97.9 Å². The van der Waals surface area contributed by atoms with Gasteiger partial charge >= 0.3 is 0 Å². The molecule has 2 nitrogen and oxygen atoms in total. The summed E-state index contributed by atoms with van der Waals surface area (Å²) < 4.78 is 39.3. The number of hydrogen-bond acceptors (Lipinski definition) is 2. The molecule has 0 saturated carbocycles. The standard InChI is InChI=1S/C66H43BN2S/c1-6-19-44(20-7-1)49-33-36-60-56(39-49)55-29-16-17-32-59(55)68(60)52-42-62-65-64(43-52)70-63-38-35-51(46-23-10-3-11-24-46)41-58(63)67(65)57-40-50(45-21-8-2-9-22-45)34-37-61(57)69(62)66-53(47-25-12-4-13-26-47)30-18-31-54(66)48-27-14-5-15-28-48/h1-43H/i16D,17D,29D,32D. The first-order valence-electron chi connectivity index (χ1n) is 25.8. The van der Waals surface area contributed by atoms with Gasteiger partial charge in [-0.3, -0.25) is 0 Å². The van der Waals surface area contributed by atoms with E-state index in [1.807, 2.05) is 18.2 Å². The van der Waals surface area contributed by atoms with Crippen LogP contribution in [0.3, 0.4) is 0 Å². The third kappa shape index (κ3) is 6.59. The minimum atomic E-state index is -0.263. The summed E-state index contributed by atoms with van der Waals surface area (Å²) in [5.74, 6) is 0. The predicted molar refractivity (Wildman–Crippen MR) is 298 cm³/mol. The molecule has 0 bridgehead atoms. The molecule has 0 atom stereocenters. The van der Waals surface area contributed by atoms with Crippen molar-refractivity contribution in [2.24, 2.45) is 0 Å². The Balaban J connectivity index is 1.13. The Bertz CT molecular complexity index is 4150. The lowest BCUT2D eigenvalue weighted by Gasteiger charge is -2.42. The predicted octanol–water partition coefficient (Wildman–Crippen LogP) is 15.9. The number of rotatable bonds is 7. The third-order valence-electron chi connectivity index (χ3n) is 14.2. The molecule has 1 aromatic heterocycles. The van der Waals surface area contributed by atoms with Crippen molar-refractivity contribution in [3.8, 4) is 61.3 Å². The minimum Gasteiger partial charge on any atom is -0.310 e. The smallest absolute Gasteiger partial charge is 0.249 e. The Morgan fingerprint density at radius 1 is 0.371 bits per heavy atom. The van der Waals surface area contributed by atoms with Crippen molar-refractivity contribution < 1.29 is 5.48 Å². The van der Waals surface area contributed by atoms with Gasteiger partial charge in [-0.2, -0.15) is 0 Å². The van der Waals surface area contributed by atoms with Crippen molar-refractivity contribution in [1.82, 2.24) is 4.57 Å². The Kier molecular flexibility index (Phi) is 8.64. The zero-order valence-corrected chi connectivity index (χ0v) is 38.7. The topological polar surface area (TPSA) is 8.17 Å². The largest absolute Gasteiger partial charge is 0.310 e. The summed E-state index contributed by atoms with van der Waals surface area (Å²) in [6, 6.07) is 83.5. The molecular weight excluding hydrogens is 864 g/mol. The van der Waals surface area contributed by atoms with Crippen LogP contribution in [0.1, 0.15) is 5.48 Å². The van der Waals surface area contributed by atoms with Crippen LogP contribution >= 0.6 is 11.8 Å². The fourth-order valence-corrected chi connectivity index (χ4v) is 12.2. The molecule has 2 aliphatic rings. The van der Waals surface area contributed by atoms with Crippen molar-refractivity contribution in [1.29, 1.82) is 0 Å². The molecule has 0 spiro atoms. The summed E-state index contributed by atoms with van der Waals surface area (Å²) in [4.78, 5) is 4.75. The number of anilines is 3. The van der Waals surface area contributed by atoms with E-state index >= 15 is 0 Å². The molecule has 0 saturated heterocycles. The molecule has 2 aliphatic heterocycles. The van der Waals surface area contributed by atoms with Crippen molar-refractivity contribution in [3.05, 3.63) is 261 Å². The fraction of sp³-hybridized carbons (Fsp3) is 0. The van der Waals surface area contributed by atoms with Gasteiger partial charge in [0.05, 0.1) is 22.2 Å². The zero-order chi connectivity index (χ0) is 49.6. The van der Waals surface area contributed by atoms with Crippen LogP contribution in [0.15, 0.2) is 271 Å². The van der Waals surface area contributed by atoms with Gasteiger partial charge in [0.1, 0.15) is 0 Å². The summed E-state index contributed by atoms with van der Waals surface area (Å²) in [6.45, 7) is -0.170. The average Bonchev–Trinajstić information content (AvgIpc) is 3.89. The average molecular weight is 911 g/mol. The molecule has 4 heteroatoms. The molecule has 0 unspecified atom stereocenters. The molecule has 3 heterocycles. The highest BCUT2D eigenvalue weighted by molar-refractivity contribution is 8.00. The molecule has 12 aromatic rings. The van der Waals surface area contributed by atoms with E-state index in [9.17, 15) is 2.74 Å².